The minimum absolute atomic E-state index is 0.0458. The van der Waals surface area contributed by atoms with E-state index >= 15 is 0 Å². The summed E-state index contributed by atoms with van der Waals surface area (Å²) < 4.78 is 28.2. The van der Waals surface area contributed by atoms with Crippen molar-refractivity contribution in [1.29, 1.82) is 0 Å². The molecule has 0 spiro atoms. The van der Waals surface area contributed by atoms with Crippen molar-refractivity contribution >= 4 is 44.8 Å². The molecule has 162 valence electrons. The lowest BCUT2D eigenvalue weighted by molar-refractivity contribution is 0.578. The van der Waals surface area contributed by atoms with Gasteiger partial charge in [-0.05, 0) is 43.2 Å². The molecule has 31 heavy (non-hydrogen) atoms. The van der Waals surface area contributed by atoms with Crippen molar-refractivity contribution < 1.29 is 8.42 Å². The number of rotatable bonds is 6. The third-order valence-electron chi connectivity index (χ3n) is 5.34. The SMILES string of the molecule is CCCCNS(=O)(=O)c1ccc2c(c1)N=C(c1cccc(C)c1)C1C=CC(Cl)=CC1S2. The third kappa shape index (κ3) is 4.98. The van der Waals surface area contributed by atoms with E-state index in [4.69, 9.17) is 16.6 Å². The highest BCUT2D eigenvalue weighted by Crippen LogP contribution is 2.44. The largest absolute Gasteiger partial charge is 0.251 e. The van der Waals surface area contributed by atoms with E-state index < -0.39 is 10.0 Å². The first-order valence-electron chi connectivity index (χ1n) is 10.4. The molecule has 1 aliphatic carbocycles. The van der Waals surface area contributed by atoms with Crippen molar-refractivity contribution in [1.82, 2.24) is 4.72 Å². The average molecular weight is 473 g/mol. The lowest BCUT2D eigenvalue weighted by atomic mass is 9.89. The number of nitrogens with one attached hydrogen (secondary N) is 1. The van der Waals surface area contributed by atoms with Gasteiger partial charge in [0.25, 0.3) is 0 Å². The number of nitrogens with zero attached hydrogens (tertiary/aromatic N) is 1. The Morgan fingerprint density at radius 1 is 1.19 bits per heavy atom. The predicted octanol–water partition coefficient (Wildman–Crippen LogP) is 5.98. The van der Waals surface area contributed by atoms with Crippen molar-refractivity contribution in [3.05, 3.63) is 76.9 Å². The molecule has 0 radical (unpaired) electrons. The number of thioether (sulfide) groups is 1. The Hall–Kier alpha value is -1.86. The highest BCUT2D eigenvalue weighted by molar-refractivity contribution is 8.00. The van der Waals surface area contributed by atoms with Crippen LogP contribution in [0, 0.1) is 12.8 Å². The molecule has 0 saturated heterocycles. The van der Waals surface area contributed by atoms with Gasteiger partial charge in [0, 0.05) is 27.6 Å². The summed E-state index contributed by atoms with van der Waals surface area (Å²) in [5.74, 6) is 0.0458. The van der Waals surface area contributed by atoms with Gasteiger partial charge >= 0.3 is 0 Å². The first-order valence-corrected chi connectivity index (χ1v) is 13.1. The van der Waals surface area contributed by atoms with Crippen LogP contribution in [0.1, 0.15) is 30.9 Å². The number of hydrogen-bond donors (Lipinski definition) is 1. The Balaban J connectivity index is 1.81. The van der Waals surface area contributed by atoms with Crippen molar-refractivity contribution in [2.24, 2.45) is 10.9 Å². The quantitative estimate of drug-likeness (QED) is 0.526. The van der Waals surface area contributed by atoms with Gasteiger partial charge in [-0.3, -0.25) is 4.99 Å². The zero-order chi connectivity index (χ0) is 22.0. The molecule has 0 aromatic heterocycles. The van der Waals surface area contributed by atoms with Gasteiger partial charge in [-0.2, -0.15) is 0 Å². The number of fused-ring (bicyclic) bond motifs is 2. The highest BCUT2D eigenvalue weighted by Gasteiger charge is 2.31. The van der Waals surface area contributed by atoms with E-state index in [9.17, 15) is 8.42 Å². The number of unbranched alkanes of at least 4 members (excludes halogenated alkanes) is 1. The summed E-state index contributed by atoms with van der Waals surface area (Å²) in [6.07, 6.45) is 7.79. The predicted molar refractivity (Wildman–Crippen MR) is 130 cm³/mol. The van der Waals surface area contributed by atoms with Crippen molar-refractivity contribution in [2.45, 2.75) is 41.7 Å². The second kappa shape index (κ2) is 9.33. The first-order chi connectivity index (χ1) is 14.9. The van der Waals surface area contributed by atoms with Gasteiger partial charge < -0.3 is 0 Å². The Bertz CT molecular complexity index is 1190. The van der Waals surface area contributed by atoms with Crippen LogP contribution in [0.25, 0.3) is 0 Å². The first kappa shape index (κ1) is 22.3. The van der Waals surface area contributed by atoms with Crippen LogP contribution in [-0.4, -0.2) is 25.9 Å². The number of halogens is 1. The number of hydrogen-bond acceptors (Lipinski definition) is 4. The van der Waals surface area contributed by atoms with Gasteiger partial charge in [-0.15, -0.1) is 11.8 Å². The standard InChI is InChI=1S/C24H25ClN2O2S2/c1-3-4-12-26-31(28,29)19-9-11-22-21(15-19)27-24(17-7-5-6-16(2)13-17)20-10-8-18(25)14-23(20)30-22/h5-11,13-15,20,23,26H,3-4,12H2,1-2H3. The zero-order valence-corrected chi connectivity index (χ0v) is 19.9. The highest BCUT2D eigenvalue weighted by atomic mass is 35.5. The van der Waals surface area contributed by atoms with E-state index in [1.807, 2.05) is 31.2 Å². The van der Waals surface area contributed by atoms with Crippen LogP contribution in [0.3, 0.4) is 0 Å². The van der Waals surface area contributed by atoms with Crippen LogP contribution in [0.4, 0.5) is 5.69 Å². The Morgan fingerprint density at radius 3 is 2.81 bits per heavy atom. The molecule has 2 aromatic carbocycles. The molecule has 0 bridgehead atoms. The Kier molecular flexibility index (Phi) is 6.72. The molecule has 2 atom stereocenters. The molecule has 0 amide bonds. The maximum Gasteiger partial charge on any atom is 0.240 e. The fraction of sp³-hybridized carbons (Fsp3) is 0.292. The van der Waals surface area contributed by atoms with Crippen LogP contribution in [0.5, 0.6) is 0 Å². The molecule has 1 N–H and O–H groups in total. The van der Waals surface area contributed by atoms with Crippen molar-refractivity contribution in [3.63, 3.8) is 0 Å². The number of allylic oxidation sites excluding steroid dienone is 3. The second-order valence-corrected chi connectivity index (χ2v) is 11.2. The summed E-state index contributed by atoms with van der Waals surface area (Å²) in [5, 5.41) is 0.795. The smallest absolute Gasteiger partial charge is 0.240 e. The van der Waals surface area contributed by atoms with E-state index in [1.165, 1.54) is 0 Å². The maximum absolute atomic E-state index is 12.8. The maximum atomic E-state index is 12.8. The van der Waals surface area contributed by atoms with E-state index in [-0.39, 0.29) is 16.1 Å². The number of aryl methyl sites for hydroxylation is 1. The summed E-state index contributed by atoms with van der Waals surface area (Å²) >= 11 is 7.98. The van der Waals surface area contributed by atoms with Gasteiger partial charge in [0.05, 0.1) is 16.3 Å². The zero-order valence-electron chi connectivity index (χ0n) is 17.5. The van der Waals surface area contributed by atoms with Crippen LogP contribution >= 0.6 is 23.4 Å². The lowest BCUT2D eigenvalue weighted by Gasteiger charge is -2.24. The summed E-state index contributed by atoms with van der Waals surface area (Å²) in [7, 11) is -3.58. The fourth-order valence-electron chi connectivity index (χ4n) is 3.71. The van der Waals surface area contributed by atoms with Crippen molar-refractivity contribution in [3.8, 4) is 0 Å². The molecular weight excluding hydrogens is 448 g/mol. The van der Waals surface area contributed by atoms with Gasteiger partial charge in [0.1, 0.15) is 0 Å². The number of benzene rings is 2. The van der Waals surface area contributed by atoms with Gasteiger partial charge in [0.2, 0.25) is 10.0 Å². The molecule has 4 nitrogen and oxygen atoms in total. The van der Waals surface area contributed by atoms with Gasteiger partial charge in [-0.25, -0.2) is 13.1 Å². The summed E-state index contributed by atoms with van der Waals surface area (Å²) in [5.41, 5.74) is 3.78. The molecule has 1 aliphatic heterocycles. The normalized spacial score (nSPS) is 20.4. The molecule has 0 fully saturated rings. The van der Waals surface area contributed by atoms with Crippen molar-refractivity contribution in [2.75, 3.05) is 6.54 Å². The minimum Gasteiger partial charge on any atom is -0.251 e. The van der Waals surface area contributed by atoms with Crippen LogP contribution in [-0.2, 0) is 10.0 Å². The third-order valence-corrected chi connectivity index (χ3v) is 8.35. The van der Waals surface area contributed by atoms with Crippen LogP contribution in [0.15, 0.2) is 80.5 Å². The monoisotopic (exact) mass is 472 g/mol. The Labute approximate surface area is 193 Å². The number of sulfonamides is 1. The van der Waals surface area contributed by atoms with E-state index in [0.29, 0.717) is 17.3 Å². The molecule has 0 saturated carbocycles. The summed E-state index contributed by atoms with van der Waals surface area (Å²) in [6.45, 7) is 4.52. The molecule has 2 aliphatic rings. The number of aliphatic imine (C=N–C) groups is 1. The molecule has 1 heterocycles. The molecular formula is C24H25ClN2O2S2. The van der Waals surface area contributed by atoms with Gasteiger partial charge in [0.15, 0.2) is 0 Å². The Morgan fingerprint density at radius 2 is 2.03 bits per heavy atom. The molecule has 4 rings (SSSR count). The van der Waals surface area contributed by atoms with E-state index in [0.717, 1.165) is 34.6 Å². The average Bonchev–Trinajstić information content (AvgIpc) is 2.89. The summed E-state index contributed by atoms with van der Waals surface area (Å²) in [4.78, 5) is 6.20. The summed E-state index contributed by atoms with van der Waals surface area (Å²) in [6, 6.07) is 13.4. The van der Waals surface area contributed by atoms with Crippen LogP contribution in [0.2, 0.25) is 0 Å². The molecule has 2 aromatic rings. The fourth-order valence-corrected chi connectivity index (χ4v) is 6.33. The lowest BCUT2D eigenvalue weighted by Crippen LogP contribution is -2.24. The van der Waals surface area contributed by atoms with E-state index in [1.54, 1.807) is 23.9 Å². The van der Waals surface area contributed by atoms with Gasteiger partial charge in [-0.1, -0.05) is 66.9 Å². The molecule has 2 unspecified atom stereocenters. The second-order valence-electron chi connectivity index (χ2n) is 7.77. The molecule has 7 heteroatoms. The minimum atomic E-state index is -3.58. The topological polar surface area (TPSA) is 58.5 Å². The van der Waals surface area contributed by atoms with E-state index in [2.05, 4.69) is 35.9 Å². The van der Waals surface area contributed by atoms with Crippen LogP contribution < -0.4 is 4.72 Å².